The number of hydrogen-bond acceptors (Lipinski definition) is 5. The molecule has 0 aliphatic heterocycles. The van der Waals surface area contributed by atoms with E-state index >= 15 is 0 Å². The van der Waals surface area contributed by atoms with E-state index in [0.717, 1.165) is 0 Å². The quantitative estimate of drug-likeness (QED) is 0.425. The molecule has 100 valence electrons. The summed E-state index contributed by atoms with van der Waals surface area (Å²) >= 11 is 0. The van der Waals surface area contributed by atoms with Crippen LogP contribution in [0.4, 0.5) is 5.69 Å². The van der Waals surface area contributed by atoms with E-state index in [-0.39, 0.29) is 17.5 Å². The van der Waals surface area contributed by atoms with Gasteiger partial charge < -0.3 is 14.2 Å². The molecule has 0 saturated heterocycles. The van der Waals surface area contributed by atoms with Gasteiger partial charge in [0, 0.05) is 12.1 Å². The van der Waals surface area contributed by atoms with Gasteiger partial charge in [0.15, 0.2) is 0 Å². The summed E-state index contributed by atoms with van der Waals surface area (Å²) in [6, 6.07) is 4.39. The van der Waals surface area contributed by atoms with Gasteiger partial charge in [0.2, 0.25) is 5.75 Å². The first-order chi connectivity index (χ1) is 8.54. The zero-order valence-corrected chi connectivity index (χ0v) is 10.7. The summed E-state index contributed by atoms with van der Waals surface area (Å²) in [5.74, 6) is 0.701. The Bertz CT molecular complexity index is 405. The van der Waals surface area contributed by atoms with Gasteiger partial charge in [-0.15, -0.1) is 0 Å². The smallest absolute Gasteiger partial charge is 0.311 e. The molecule has 0 amide bonds. The molecule has 0 aliphatic rings. The van der Waals surface area contributed by atoms with E-state index in [9.17, 15) is 10.1 Å². The standard InChI is InChI=1S/C12H17NO5/c1-9(2)17-6-7-18-10-4-5-11(13(14)15)12(8-10)16-3/h4-5,8-9H,6-7H2,1-3H3. The number of nitro groups is 1. The van der Waals surface area contributed by atoms with Crippen LogP contribution in [0.2, 0.25) is 0 Å². The lowest BCUT2D eigenvalue weighted by Crippen LogP contribution is -2.11. The van der Waals surface area contributed by atoms with E-state index in [0.29, 0.717) is 19.0 Å². The third kappa shape index (κ3) is 4.21. The Hall–Kier alpha value is -1.82. The van der Waals surface area contributed by atoms with Gasteiger partial charge in [0.05, 0.1) is 24.7 Å². The average Bonchev–Trinajstić information content (AvgIpc) is 2.33. The van der Waals surface area contributed by atoms with E-state index in [1.165, 1.54) is 25.3 Å². The first kappa shape index (κ1) is 14.2. The van der Waals surface area contributed by atoms with Crippen LogP contribution in [-0.2, 0) is 4.74 Å². The zero-order chi connectivity index (χ0) is 13.5. The van der Waals surface area contributed by atoms with Crippen LogP contribution in [0.1, 0.15) is 13.8 Å². The zero-order valence-electron chi connectivity index (χ0n) is 10.7. The summed E-state index contributed by atoms with van der Waals surface area (Å²) < 4.78 is 15.7. The van der Waals surface area contributed by atoms with E-state index in [1.807, 2.05) is 13.8 Å². The molecule has 1 aromatic rings. The Morgan fingerprint density at radius 1 is 1.33 bits per heavy atom. The van der Waals surface area contributed by atoms with Crippen LogP contribution < -0.4 is 9.47 Å². The number of rotatable bonds is 7. The number of ether oxygens (including phenoxy) is 3. The Kier molecular flexibility index (Phi) is 5.38. The molecule has 0 saturated carbocycles. The molecule has 18 heavy (non-hydrogen) atoms. The molecule has 0 spiro atoms. The molecular formula is C12H17NO5. The van der Waals surface area contributed by atoms with E-state index < -0.39 is 4.92 Å². The fraction of sp³-hybridized carbons (Fsp3) is 0.500. The van der Waals surface area contributed by atoms with Crippen molar-refractivity contribution >= 4 is 5.69 Å². The van der Waals surface area contributed by atoms with Gasteiger partial charge in [0.1, 0.15) is 12.4 Å². The van der Waals surface area contributed by atoms with Crippen molar-refractivity contribution in [3.05, 3.63) is 28.3 Å². The fourth-order valence-electron chi connectivity index (χ4n) is 1.34. The van der Waals surface area contributed by atoms with Crippen LogP contribution in [-0.4, -0.2) is 31.4 Å². The molecular weight excluding hydrogens is 238 g/mol. The number of nitro benzene ring substituents is 1. The van der Waals surface area contributed by atoms with Crippen LogP contribution >= 0.6 is 0 Å². The van der Waals surface area contributed by atoms with Crippen molar-refractivity contribution in [2.24, 2.45) is 0 Å². The molecule has 0 aliphatic carbocycles. The van der Waals surface area contributed by atoms with Crippen molar-refractivity contribution in [1.29, 1.82) is 0 Å². The minimum atomic E-state index is -0.496. The molecule has 0 bridgehead atoms. The SMILES string of the molecule is COc1cc(OCCOC(C)C)ccc1[N+](=O)[O-]. The maximum absolute atomic E-state index is 10.7. The first-order valence-corrected chi connectivity index (χ1v) is 5.61. The van der Waals surface area contributed by atoms with Gasteiger partial charge in [0.25, 0.3) is 0 Å². The third-order valence-electron chi connectivity index (χ3n) is 2.15. The predicted octanol–water partition coefficient (Wildman–Crippen LogP) is 2.41. The van der Waals surface area contributed by atoms with Crippen molar-refractivity contribution < 1.29 is 19.1 Å². The lowest BCUT2D eigenvalue weighted by molar-refractivity contribution is -0.385. The van der Waals surface area contributed by atoms with Crippen LogP contribution in [0.15, 0.2) is 18.2 Å². The minimum Gasteiger partial charge on any atom is -0.491 e. The van der Waals surface area contributed by atoms with Crippen LogP contribution in [0.25, 0.3) is 0 Å². The van der Waals surface area contributed by atoms with Crippen molar-refractivity contribution in [2.75, 3.05) is 20.3 Å². The molecule has 0 N–H and O–H groups in total. The molecule has 0 unspecified atom stereocenters. The first-order valence-electron chi connectivity index (χ1n) is 5.61. The number of benzene rings is 1. The van der Waals surface area contributed by atoms with Crippen LogP contribution in [0.3, 0.4) is 0 Å². The minimum absolute atomic E-state index is 0.0803. The molecule has 0 fully saturated rings. The van der Waals surface area contributed by atoms with Crippen molar-refractivity contribution in [2.45, 2.75) is 20.0 Å². The summed E-state index contributed by atoms with van der Waals surface area (Å²) in [6.07, 6.45) is 0.153. The van der Waals surface area contributed by atoms with Gasteiger partial charge in [-0.2, -0.15) is 0 Å². The molecule has 1 aromatic carbocycles. The Balaban J connectivity index is 2.60. The number of nitrogens with zero attached hydrogens (tertiary/aromatic N) is 1. The maximum atomic E-state index is 10.7. The second kappa shape index (κ2) is 6.80. The van der Waals surface area contributed by atoms with E-state index in [4.69, 9.17) is 14.2 Å². The second-order valence-corrected chi connectivity index (χ2v) is 3.86. The fourth-order valence-corrected chi connectivity index (χ4v) is 1.34. The highest BCUT2D eigenvalue weighted by atomic mass is 16.6. The predicted molar refractivity (Wildman–Crippen MR) is 66.2 cm³/mol. The largest absolute Gasteiger partial charge is 0.491 e. The molecule has 0 atom stereocenters. The van der Waals surface area contributed by atoms with Crippen LogP contribution in [0.5, 0.6) is 11.5 Å². The molecule has 0 radical (unpaired) electrons. The van der Waals surface area contributed by atoms with Gasteiger partial charge >= 0.3 is 5.69 Å². The van der Waals surface area contributed by atoms with Gasteiger partial charge in [-0.3, -0.25) is 10.1 Å². The van der Waals surface area contributed by atoms with Crippen molar-refractivity contribution in [3.63, 3.8) is 0 Å². The lowest BCUT2D eigenvalue weighted by atomic mass is 10.3. The molecule has 6 heteroatoms. The van der Waals surface area contributed by atoms with E-state index in [1.54, 1.807) is 0 Å². The Morgan fingerprint density at radius 2 is 2.06 bits per heavy atom. The highest BCUT2D eigenvalue weighted by Crippen LogP contribution is 2.30. The third-order valence-corrected chi connectivity index (χ3v) is 2.15. The highest BCUT2D eigenvalue weighted by molar-refractivity contribution is 5.50. The monoisotopic (exact) mass is 255 g/mol. The molecule has 1 rings (SSSR count). The summed E-state index contributed by atoms with van der Waals surface area (Å²) in [5, 5.41) is 10.7. The normalized spacial score (nSPS) is 10.4. The highest BCUT2D eigenvalue weighted by Gasteiger charge is 2.14. The van der Waals surface area contributed by atoms with E-state index in [2.05, 4.69) is 0 Å². The van der Waals surface area contributed by atoms with Crippen molar-refractivity contribution in [3.8, 4) is 11.5 Å². The summed E-state index contributed by atoms with van der Waals surface area (Å²) in [6.45, 7) is 4.74. The number of methoxy groups -OCH3 is 1. The van der Waals surface area contributed by atoms with Gasteiger partial charge in [-0.1, -0.05) is 0 Å². The average molecular weight is 255 g/mol. The van der Waals surface area contributed by atoms with Gasteiger partial charge in [-0.05, 0) is 19.9 Å². The van der Waals surface area contributed by atoms with Gasteiger partial charge in [-0.25, -0.2) is 0 Å². The lowest BCUT2D eigenvalue weighted by Gasteiger charge is -2.10. The Morgan fingerprint density at radius 3 is 2.61 bits per heavy atom. The maximum Gasteiger partial charge on any atom is 0.311 e. The van der Waals surface area contributed by atoms with Crippen LogP contribution in [0, 0.1) is 10.1 Å². The topological polar surface area (TPSA) is 70.8 Å². The molecule has 0 aromatic heterocycles. The summed E-state index contributed by atoms with van der Waals surface area (Å²) in [5.41, 5.74) is -0.0803. The Labute approximate surface area is 106 Å². The molecule has 6 nitrogen and oxygen atoms in total. The number of hydrogen-bond donors (Lipinski definition) is 0. The van der Waals surface area contributed by atoms with Crippen molar-refractivity contribution in [1.82, 2.24) is 0 Å². The second-order valence-electron chi connectivity index (χ2n) is 3.86. The summed E-state index contributed by atoms with van der Waals surface area (Å²) in [7, 11) is 1.38. The molecule has 0 heterocycles. The summed E-state index contributed by atoms with van der Waals surface area (Å²) in [4.78, 5) is 10.2.